The van der Waals surface area contributed by atoms with Crippen LogP contribution in [0.25, 0.3) is 37.9 Å². The summed E-state index contributed by atoms with van der Waals surface area (Å²) < 4.78 is 0. The fourth-order valence-electron chi connectivity index (χ4n) is 0. The van der Waals surface area contributed by atoms with Gasteiger partial charge in [-0.1, -0.05) is 0 Å². The minimum Gasteiger partial charge on any atom is -0.724 e. The van der Waals surface area contributed by atoms with Crippen molar-refractivity contribution >= 4 is 42.6 Å². The van der Waals surface area contributed by atoms with Crippen LogP contribution >= 0.6 is 0 Å². The second-order valence-corrected chi connectivity index (χ2v) is 0.639. The van der Waals surface area contributed by atoms with Gasteiger partial charge in [0.15, 0.2) is 0 Å². The van der Waals surface area contributed by atoms with Crippen LogP contribution < -0.4 is 51.4 Å². The number of rotatable bonds is 0. The predicted molar refractivity (Wildman–Crippen MR) is 63.4 cm³/mol. The fourth-order valence-corrected chi connectivity index (χ4v) is 0. The minimum absolute atomic E-state index is 0. The molecule has 0 amide bonds. The molecule has 0 rings (SSSR count). The van der Waals surface area contributed by atoms with Crippen molar-refractivity contribution in [3.8, 4) is 0 Å². The first kappa shape index (κ1) is 58.4. The van der Waals surface area contributed by atoms with Gasteiger partial charge in [0, 0.05) is 21.1 Å². The number of hydrogen-bond acceptors (Lipinski definition) is 7. The Morgan fingerprint density at radius 3 is 0.348 bits per heavy atom. The van der Waals surface area contributed by atoms with E-state index in [0.29, 0.717) is 42.6 Å². The van der Waals surface area contributed by atoms with Gasteiger partial charge in [0.25, 0.3) is 0 Å². The van der Waals surface area contributed by atoms with Gasteiger partial charge in [-0.2, -0.15) is 0 Å². The van der Waals surface area contributed by atoms with E-state index in [1.54, 1.807) is 0 Å². The first-order valence-electron chi connectivity index (χ1n) is 2.99. The molecular weight excluding hydrogens is 429 g/mol. The predicted octanol–water partition coefficient (Wildman–Crippen LogP) is -3.76. The largest absolute Gasteiger partial charge is 1.00 e. The Morgan fingerprint density at radius 1 is 0.348 bits per heavy atom. The van der Waals surface area contributed by atoms with Crippen LogP contribution in [0.4, 0.5) is 0 Å². The van der Waals surface area contributed by atoms with Crippen LogP contribution in [0.1, 0.15) is 0 Å². The fraction of sp³-hybridized carbons (Fsp3) is 0. The summed E-state index contributed by atoms with van der Waals surface area (Å²) in [5.41, 5.74) is 0. The molecule has 0 saturated heterocycles. The van der Waals surface area contributed by atoms with Crippen molar-refractivity contribution in [3.05, 3.63) is 37.9 Å². The minimum atomic E-state index is 0. The second kappa shape index (κ2) is 290. The van der Waals surface area contributed by atoms with Crippen LogP contribution in [-0.4, -0.2) is 42.6 Å². The molecular formula is C7KMoN7O7-6. The van der Waals surface area contributed by atoms with E-state index in [1.165, 1.54) is 0 Å². The van der Waals surface area contributed by atoms with Crippen molar-refractivity contribution in [2.75, 3.05) is 0 Å². The van der Waals surface area contributed by atoms with E-state index < -0.39 is 0 Å². The number of nitrogens with zero attached hydrogens (tertiary/aromatic N) is 7. The summed E-state index contributed by atoms with van der Waals surface area (Å²) in [6, 6.07) is 0. The quantitative estimate of drug-likeness (QED) is 0.210. The van der Waals surface area contributed by atoms with Crippen molar-refractivity contribution in [1.29, 1.82) is 0 Å². The average molecular weight is 429 g/mol. The summed E-state index contributed by atoms with van der Waals surface area (Å²) >= 11 is 0. The third-order valence-corrected chi connectivity index (χ3v) is 0. The first-order chi connectivity index (χ1) is 9.90. The Bertz CT molecular complexity index is 310. The van der Waals surface area contributed by atoms with E-state index in [-0.39, 0.29) is 72.4 Å². The molecule has 0 heterocycles. The maximum absolute atomic E-state index is 8.24. The summed E-state index contributed by atoms with van der Waals surface area (Å²) in [6.07, 6.45) is 3.50. The van der Waals surface area contributed by atoms with E-state index >= 15 is 0 Å². The van der Waals surface area contributed by atoms with Crippen molar-refractivity contribution < 1.29 is 106 Å². The summed E-state index contributed by atoms with van der Waals surface area (Å²) in [4.78, 5) is 57.7. The summed E-state index contributed by atoms with van der Waals surface area (Å²) in [7, 11) is 0. The zero-order valence-electron chi connectivity index (χ0n) is 10.9. The van der Waals surface area contributed by atoms with E-state index in [1.807, 2.05) is 0 Å². The van der Waals surface area contributed by atoms with Crippen LogP contribution in [0.3, 0.4) is 0 Å². The molecule has 0 radical (unpaired) electrons. The summed E-state index contributed by atoms with van der Waals surface area (Å²) in [5.74, 6) is 0. The molecule has 0 aliphatic rings. The van der Waals surface area contributed by atoms with E-state index in [2.05, 4.69) is 0 Å². The third-order valence-electron chi connectivity index (χ3n) is 0. The Labute approximate surface area is 184 Å². The molecule has 23 heavy (non-hydrogen) atoms. The van der Waals surface area contributed by atoms with Gasteiger partial charge in [0.05, 0.1) is 0 Å². The van der Waals surface area contributed by atoms with Crippen LogP contribution in [0.5, 0.6) is 0 Å². The molecule has 0 N–H and O–H groups in total. The molecule has 0 aromatic carbocycles. The molecule has 0 aromatic heterocycles. The molecule has 0 bridgehead atoms. The topological polar surface area (TPSA) is 276 Å². The second-order valence-electron chi connectivity index (χ2n) is 0.639. The third kappa shape index (κ3) is 1590. The molecule has 0 aliphatic heterocycles. The first-order valence-corrected chi connectivity index (χ1v) is 2.99. The van der Waals surface area contributed by atoms with Gasteiger partial charge in [0.2, 0.25) is 0 Å². The van der Waals surface area contributed by atoms with Crippen molar-refractivity contribution in [1.82, 2.24) is 0 Å². The number of hydrogen-bond donors (Lipinski definition) is 0. The molecule has 14 nitrogen and oxygen atoms in total. The molecule has 0 spiro atoms. The number of isocyanates is 7. The van der Waals surface area contributed by atoms with Crippen LogP contribution in [0.15, 0.2) is 0 Å². The standard InChI is InChI=1S/7CNO.K.Mo/c7*2-1-3;;/q7*-1;+1;. The van der Waals surface area contributed by atoms with Crippen LogP contribution in [0, 0.1) is 0 Å². The summed E-state index contributed by atoms with van der Waals surface area (Å²) in [5, 5.41) is 47.3. The Balaban J connectivity index is -0.0000000140. The molecule has 0 unspecified atom stereocenters. The smallest absolute Gasteiger partial charge is 0.724 e. The van der Waals surface area contributed by atoms with Crippen molar-refractivity contribution in [3.63, 3.8) is 0 Å². The van der Waals surface area contributed by atoms with Gasteiger partial charge in [-0.3, -0.25) is 33.6 Å². The molecule has 0 aliphatic carbocycles. The monoisotopic (exact) mass is 431 g/mol. The van der Waals surface area contributed by atoms with Crippen molar-refractivity contribution in [2.24, 2.45) is 0 Å². The maximum Gasteiger partial charge on any atom is 1.00 e. The van der Waals surface area contributed by atoms with Gasteiger partial charge in [-0.25, -0.2) is 0 Å². The average Bonchev–Trinajstić information content (AvgIpc) is 2.35. The molecule has 0 fully saturated rings. The van der Waals surface area contributed by atoms with E-state index in [0.717, 1.165) is 0 Å². The zero-order valence-corrected chi connectivity index (χ0v) is 16.0. The van der Waals surface area contributed by atoms with Gasteiger partial charge >= 0.3 is 51.4 Å². The van der Waals surface area contributed by atoms with Gasteiger partial charge in [0.1, 0.15) is 0 Å². The molecule has 0 atom stereocenters. The van der Waals surface area contributed by atoms with Crippen molar-refractivity contribution in [2.45, 2.75) is 0 Å². The number of carbonyl (C=O) groups excluding carboxylic acids is 7. The zero-order chi connectivity index (χ0) is 18.9. The van der Waals surface area contributed by atoms with Gasteiger partial charge < -0.3 is 37.9 Å². The molecule has 16 heteroatoms. The molecule has 0 saturated carbocycles. The Hall–Kier alpha value is -2.02. The Morgan fingerprint density at radius 2 is 0.348 bits per heavy atom. The SMILES string of the molecule is [K+].[Mo].[N-]=C=O.[N-]=C=O.[N-]=C=O.[N-]=C=O.[N-]=C=O.[N-]=C=O.[N-]=C=O. The van der Waals surface area contributed by atoms with E-state index in [4.69, 9.17) is 71.4 Å². The van der Waals surface area contributed by atoms with Gasteiger partial charge in [-0.15, -0.1) is 0 Å². The molecule has 0 aromatic rings. The maximum atomic E-state index is 8.24. The molecule has 118 valence electrons. The van der Waals surface area contributed by atoms with Crippen LogP contribution in [0.2, 0.25) is 0 Å². The summed E-state index contributed by atoms with van der Waals surface area (Å²) in [6.45, 7) is 0. The Kier molecular flexibility index (Phi) is 735. The van der Waals surface area contributed by atoms with Gasteiger partial charge in [-0.05, 0) is 42.6 Å². The van der Waals surface area contributed by atoms with E-state index in [9.17, 15) is 0 Å². The normalized spacial score (nSPS) is 2.43. The van der Waals surface area contributed by atoms with Crippen LogP contribution in [-0.2, 0) is 54.6 Å².